The maximum absolute atomic E-state index is 14.9. The molecule has 2 aromatic heterocycles. The van der Waals surface area contributed by atoms with Gasteiger partial charge in [0.25, 0.3) is 0 Å². The lowest BCUT2D eigenvalue weighted by molar-refractivity contribution is -0.0271. The highest BCUT2D eigenvalue weighted by Crippen LogP contribution is 2.33. The van der Waals surface area contributed by atoms with E-state index >= 15 is 0 Å². The number of nitriles is 1. The second-order valence-corrected chi connectivity index (χ2v) is 10.6. The van der Waals surface area contributed by atoms with Crippen LogP contribution in [0.1, 0.15) is 38.2 Å². The lowest BCUT2D eigenvalue weighted by Crippen LogP contribution is -2.50. The molecule has 2 aliphatic rings. The Balaban J connectivity index is 1.45. The molecule has 0 unspecified atom stereocenters. The lowest BCUT2D eigenvalue weighted by Gasteiger charge is -2.34. The van der Waals surface area contributed by atoms with Gasteiger partial charge < -0.3 is 15.2 Å². The van der Waals surface area contributed by atoms with Crippen molar-refractivity contribution in [1.29, 1.82) is 5.26 Å². The van der Waals surface area contributed by atoms with Gasteiger partial charge in [-0.05, 0) is 32.6 Å². The highest BCUT2D eigenvalue weighted by atomic mass is 32.2. The van der Waals surface area contributed by atoms with Crippen LogP contribution in [0, 0.1) is 11.3 Å². The van der Waals surface area contributed by atoms with E-state index in [2.05, 4.69) is 20.4 Å². The fourth-order valence-corrected chi connectivity index (χ4v) is 5.59. The van der Waals surface area contributed by atoms with Gasteiger partial charge in [-0.1, -0.05) is 0 Å². The van der Waals surface area contributed by atoms with E-state index in [1.807, 2.05) is 6.07 Å². The standard InChI is InChI=1S/C20H26FN7O4S/c1-20(29)6-3-4-17(20)32-18-13(8-22)9-23-19(26-18)25-16-5-7-28(12-15(16)21)33(30,31)14-10-24-27(2)11-14/h9-11,15-17,29H,3-7,12H2,1-2H3,(H,23,25,26)/t15-,16+,17+,20-/m1/s1. The third-order valence-corrected chi connectivity index (χ3v) is 7.93. The van der Waals surface area contributed by atoms with Crippen LogP contribution in [0.4, 0.5) is 10.3 Å². The van der Waals surface area contributed by atoms with Gasteiger partial charge in [0.2, 0.25) is 21.9 Å². The second kappa shape index (κ2) is 8.85. The minimum absolute atomic E-state index is 0.0172. The minimum atomic E-state index is -3.84. The lowest BCUT2D eigenvalue weighted by atomic mass is 10.0. The zero-order chi connectivity index (χ0) is 23.8. The Morgan fingerprint density at radius 1 is 1.39 bits per heavy atom. The van der Waals surface area contributed by atoms with Crippen LogP contribution in [0.3, 0.4) is 0 Å². The number of ether oxygens (including phenoxy) is 1. The monoisotopic (exact) mass is 479 g/mol. The van der Waals surface area contributed by atoms with E-state index in [0.29, 0.717) is 12.8 Å². The quantitative estimate of drug-likeness (QED) is 0.619. The van der Waals surface area contributed by atoms with Crippen LogP contribution in [0.2, 0.25) is 0 Å². The average Bonchev–Trinajstić information content (AvgIpc) is 3.35. The Bertz CT molecular complexity index is 1160. The molecule has 1 aliphatic carbocycles. The fraction of sp³-hybridized carbons (Fsp3) is 0.600. The van der Waals surface area contributed by atoms with Crippen molar-refractivity contribution < 1.29 is 22.7 Å². The SMILES string of the molecule is Cn1cc(S(=O)(=O)N2CC[C@H](Nc3ncc(C#N)c(O[C@H]4CCC[C@@]4(C)O)n3)[C@H](F)C2)cn1. The Hall–Kier alpha value is -2.82. The average molecular weight is 480 g/mol. The summed E-state index contributed by atoms with van der Waals surface area (Å²) >= 11 is 0. The Kier molecular flexibility index (Phi) is 6.26. The van der Waals surface area contributed by atoms with Gasteiger partial charge in [-0.25, -0.2) is 17.8 Å². The molecule has 13 heteroatoms. The maximum atomic E-state index is 14.9. The van der Waals surface area contributed by atoms with Crippen LogP contribution in [0.25, 0.3) is 0 Å². The molecule has 2 N–H and O–H groups in total. The molecule has 11 nitrogen and oxygen atoms in total. The molecule has 0 amide bonds. The van der Waals surface area contributed by atoms with Gasteiger partial charge in [0, 0.05) is 26.3 Å². The smallest absolute Gasteiger partial charge is 0.246 e. The van der Waals surface area contributed by atoms with Gasteiger partial charge >= 0.3 is 0 Å². The normalized spacial score (nSPS) is 28.4. The number of nitrogens with zero attached hydrogens (tertiary/aromatic N) is 6. The first-order valence-corrected chi connectivity index (χ1v) is 12.1. The molecule has 0 bridgehead atoms. The third kappa shape index (κ3) is 4.78. The van der Waals surface area contributed by atoms with Crippen LogP contribution < -0.4 is 10.1 Å². The van der Waals surface area contributed by atoms with E-state index in [4.69, 9.17) is 4.74 Å². The summed E-state index contributed by atoms with van der Waals surface area (Å²) in [4.78, 5) is 8.32. The Morgan fingerprint density at radius 2 is 2.18 bits per heavy atom. The molecule has 2 aromatic rings. The number of hydrogen-bond donors (Lipinski definition) is 2. The molecule has 2 fully saturated rings. The summed E-state index contributed by atoms with van der Waals surface area (Å²) in [5, 5.41) is 26.6. The molecule has 4 rings (SSSR count). The van der Waals surface area contributed by atoms with Crippen molar-refractivity contribution >= 4 is 16.0 Å². The number of halogens is 1. The summed E-state index contributed by atoms with van der Waals surface area (Å²) in [6.07, 6.45) is 4.06. The van der Waals surface area contributed by atoms with Crippen molar-refractivity contribution in [2.24, 2.45) is 7.05 Å². The van der Waals surface area contributed by atoms with Crippen LogP contribution in [-0.4, -0.2) is 74.6 Å². The third-order valence-electron chi connectivity index (χ3n) is 6.11. The van der Waals surface area contributed by atoms with Crippen molar-refractivity contribution in [2.75, 3.05) is 18.4 Å². The number of nitrogens with one attached hydrogen (secondary N) is 1. The summed E-state index contributed by atoms with van der Waals surface area (Å²) in [5.41, 5.74) is -0.917. The van der Waals surface area contributed by atoms with Gasteiger partial charge in [-0.2, -0.15) is 19.6 Å². The van der Waals surface area contributed by atoms with Crippen LogP contribution >= 0.6 is 0 Å². The van der Waals surface area contributed by atoms with E-state index in [1.54, 1.807) is 14.0 Å². The van der Waals surface area contributed by atoms with Crippen molar-refractivity contribution in [1.82, 2.24) is 24.1 Å². The maximum Gasteiger partial charge on any atom is 0.246 e. The van der Waals surface area contributed by atoms with Crippen LogP contribution in [-0.2, 0) is 17.1 Å². The number of sulfonamides is 1. The summed E-state index contributed by atoms with van der Waals surface area (Å²) in [6.45, 7) is 1.47. The molecule has 3 heterocycles. The summed E-state index contributed by atoms with van der Waals surface area (Å²) in [6, 6.07) is 1.24. The first-order valence-electron chi connectivity index (χ1n) is 10.7. The number of anilines is 1. The topological polar surface area (TPSA) is 146 Å². The van der Waals surface area contributed by atoms with Gasteiger partial charge in [0.15, 0.2) is 0 Å². The molecule has 0 aromatic carbocycles. The number of aliphatic hydroxyl groups is 1. The van der Waals surface area contributed by atoms with E-state index in [9.17, 15) is 23.2 Å². The fourth-order valence-electron chi connectivity index (χ4n) is 4.14. The first kappa shape index (κ1) is 23.3. The summed E-state index contributed by atoms with van der Waals surface area (Å²) in [7, 11) is -2.23. The van der Waals surface area contributed by atoms with Gasteiger partial charge in [-0.3, -0.25) is 4.68 Å². The van der Waals surface area contributed by atoms with Gasteiger partial charge in [0.05, 0.1) is 24.0 Å². The van der Waals surface area contributed by atoms with E-state index in [1.165, 1.54) is 23.3 Å². The summed E-state index contributed by atoms with van der Waals surface area (Å²) in [5.74, 6) is 0.0898. The molecular formula is C20H26FN7O4S. The Morgan fingerprint density at radius 3 is 2.79 bits per heavy atom. The number of aryl methyl sites for hydroxylation is 1. The van der Waals surface area contributed by atoms with E-state index < -0.39 is 33.9 Å². The van der Waals surface area contributed by atoms with E-state index in [0.717, 1.165) is 10.7 Å². The predicted molar refractivity (Wildman–Crippen MR) is 115 cm³/mol. The number of alkyl halides is 1. The van der Waals surface area contributed by atoms with Crippen molar-refractivity contribution in [3.05, 3.63) is 24.2 Å². The number of hydrogen-bond acceptors (Lipinski definition) is 9. The largest absolute Gasteiger partial charge is 0.470 e. The molecule has 0 radical (unpaired) electrons. The van der Waals surface area contributed by atoms with Crippen molar-refractivity contribution in [2.45, 2.75) is 61.4 Å². The molecule has 0 spiro atoms. The molecule has 4 atom stereocenters. The summed E-state index contributed by atoms with van der Waals surface area (Å²) < 4.78 is 48.7. The highest BCUT2D eigenvalue weighted by Gasteiger charge is 2.40. The number of piperidine rings is 1. The van der Waals surface area contributed by atoms with Gasteiger partial charge in [0.1, 0.15) is 28.8 Å². The van der Waals surface area contributed by atoms with Crippen LogP contribution in [0.5, 0.6) is 5.88 Å². The zero-order valence-corrected chi connectivity index (χ0v) is 19.2. The molecule has 33 heavy (non-hydrogen) atoms. The van der Waals surface area contributed by atoms with E-state index in [-0.39, 0.29) is 41.8 Å². The molecular weight excluding hydrogens is 453 g/mol. The highest BCUT2D eigenvalue weighted by molar-refractivity contribution is 7.89. The zero-order valence-electron chi connectivity index (χ0n) is 18.3. The molecule has 178 valence electrons. The van der Waals surface area contributed by atoms with Crippen molar-refractivity contribution in [3.63, 3.8) is 0 Å². The van der Waals surface area contributed by atoms with Crippen LogP contribution in [0.15, 0.2) is 23.5 Å². The van der Waals surface area contributed by atoms with Gasteiger partial charge in [-0.15, -0.1) is 0 Å². The predicted octanol–water partition coefficient (Wildman–Crippen LogP) is 0.977. The number of aromatic nitrogens is 4. The molecule has 1 aliphatic heterocycles. The minimum Gasteiger partial charge on any atom is -0.470 e. The molecule has 1 saturated heterocycles. The van der Waals surface area contributed by atoms with Crippen molar-refractivity contribution in [3.8, 4) is 11.9 Å². The molecule has 1 saturated carbocycles. The number of rotatable bonds is 6. The Labute approximate surface area is 191 Å². The second-order valence-electron chi connectivity index (χ2n) is 8.65. The first-order chi connectivity index (χ1) is 15.6.